The molecule has 0 saturated heterocycles. The van der Waals surface area contributed by atoms with E-state index in [-0.39, 0.29) is 28.0 Å². The Hall–Kier alpha value is -1.96. The first-order chi connectivity index (χ1) is 14.1. The van der Waals surface area contributed by atoms with Gasteiger partial charge in [0, 0.05) is 31.7 Å². The van der Waals surface area contributed by atoms with Crippen LogP contribution in [-0.4, -0.2) is 31.3 Å². The number of ketones is 1. The smallest absolute Gasteiger partial charge is 0.232 e. The molecule has 6 nitrogen and oxygen atoms in total. The molecule has 0 spiro atoms. The van der Waals surface area contributed by atoms with Gasteiger partial charge in [0.15, 0.2) is 9.84 Å². The van der Waals surface area contributed by atoms with Gasteiger partial charge in [0.1, 0.15) is 11.6 Å². The Kier molecular flexibility index (Phi) is 7.16. The van der Waals surface area contributed by atoms with Gasteiger partial charge in [0.2, 0.25) is 5.91 Å². The first-order valence-electron chi connectivity index (χ1n) is 9.61. The highest BCUT2D eigenvalue weighted by Gasteiger charge is 2.24. The number of carbonyl (C=O) groups excluding carboxylic acids is 2. The van der Waals surface area contributed by atoms with E-state index in [9.17, 15) is 18.0 Å². The Morgan fingerprint density at radius 1 is 1.17 bits per heavy atom. The van der Waals surface area contributed by atoms with Crippen LogP contribution >= 0.6 is 23.2 Å². The summed E-state index contributed by atoms with van der Waals surface area (Å²) >= 11 is 12.1. The predicted octanol–water partition coefficient (Wildman–Crippen LogP) is 5.00. The first kappa shape index (κ1) is 22.7. The lowest BCUT2D eigenvalue weighted by Crippen LogP contribution is -2.27. The SMILES string of the molecule is CS(=O)(=O)c1ccc(N(C(=O)CCC2CCC(=O)CC2)c2ccc(Cl)cn2)cc1Cl. The van der Waals surface area contributed by atoms with Gasteiger partial charge in [-0.25, -0.2) is 13.4 Å². The number of hydrogen-bond donors (Lipinski definition) is 0. The fourth-order valence-electron chi connectivity index (χ4n) is 3.56. The predicted molar refractivity (Wildman–Crippen MR) is 117 cm³/mol. The van der Waals surface area contributed by atoms with Crippen LogP contribution in [0.4, 0.5) is 11.5 Å². The van der Waals surface area contributed by atoms with E-state index in [1.54, 1.807) is 12.1 Å². The van der Waals surface area contributed by atoms with Crippen LogP contribution in [0.15, 0.2) is 41.4 Å². The van der Waals surface area contributed by atoms with Crippen molar-refractivity contribution in [3.05, 3.63) is 46.6 Å². The molecule has 0 aliphatic heterocycles. The monoisotopic (exact) mass is 468 g/mol. The summed E-state index contributed by atoms with van der Waals surface area (Å²) in [7, 11) is -3.49. The van der Waals surface area contributed by atoms with E-state index in [0.29, 0.717) is 41.7 Å². The summed E-state index contributed by atoms with van der Waals surface area (Å²) in [6.07, 6.45) is 6.22. The number of carbonyl (C=O) groups is 2. The van der Waals surface area contributed by atoms with Gasteiger partial charge in [0.05, 0.1) is 20.6 Å². The molecule has 2 aromatic rings. The summed E-state index contributed by atoms with van der Waals surface area (Å²) in [5.74, 6) is 0.796. The molecule has 30 heavy (non-hydrogen) atoms. The second kappa shape index (κ2) is 9.45. The van der Waals surface area contributed by atoms with Gasteiger partial charge in [-0.05, 0) is 55.5 Å². The number of hydrogen-bond acceptors (Lipinski definition) is 5. The average Bonchev–Trinajstić information content (AvgIpc) is 2.68. The van der Waals surface area contributed by atoms with Crippen LogP contribution in [0.1, 0.15) is 38.5 Å². The number of pyridine rings is 1. The van der Waals surface area contributed by atoms with E-state index in [2.05, 4.69) is 4.98 Å². The third-order valence-electron chi connectivity index (χ3n) is 5.19. The molecule has 0 atom stereocenters. The van der Waals surface area contributed by atoms with Crippen molar-refractivity contribution in [3.63, 3.8) is 0 Å². The second-order valence-corrected chi connectivity index (χ2v) is 10.3. The molecule has 1 amide bonds. The molecule has 0 N–H and O–H groups in total. The van der Waals surface area contributed by atoms with Gasteiger partial charge in [-0.3, -0.25) is 14.5 Å². The van der Waals surface area contributed by atoms with Crippen molar-refractivity contribution in [2.75, 3.05) is 11.2 Å². The van der Waals surface area contributed by atoms with Crippen molar-refractivity contribution >= 4 is 56.2 Å². The zero-order chi connectivity index (χ0) is 21.9. The molecule has 1 aromatic heterocycles. The lowest BCUT2D eigenvalue weighted by molar-refractivity contribution is -0.121. The van der Waals surface area contributed by atoms with Crippen LogP contribution in [0.3, 0.4) is 0 Å². The van der Waals surface area contributed by atoms with Gasteiger partial charge in [-0.2, -0.15) is 0 Å². The van der Waals surface area contributed by atoms with Crippen LogP contribution < -0.4 is 4.90 Å². The van der Waals surface area contributed by atoms with Gasteiger partial charge in [-0.1, -0.05) is 23.2 Å². The maximum atomic E-state index is 13.2. The third kappa shape index (κ3) is 5.59. The van der Waals surface area contributed by atoms with Crippen LogP contribution in [0.2, 0.25) is 10.0 Å². The Balaban J connectivity index is 1.87. The molecule has 1 saturated carbocycles. The van der Waals surface area contributed by atoms with Crippen LogP contribution in [0.25, 0.3) is 0 Å². The summed E-state index contributed by atoms with van der Waals surface area (Å²) in [6, 6.07) is 7.62. The number of benzene rings is 1. The second-order valence-electron chi connectivity index (χ2n) is 7.47. The van der Waals surface area contributed by atoms with E-state index < -0.39 is 9.84 Å². The molecule has 1 aromatic carbocycles. The van der Waals surface area contributed by atoms with Crippen molar-refractivity contribution in [2.45, 2.75) is 43.4 Å². The first-order valence-corrected chi connectivity index (χ1v) is 12.3. The normalized spacial score (nSPS) is 15.2. The largest absolute Gasteiger partial charge is 0.300 e. The molecular weight excluding hydrogens is 447 g/mol. The zero-order valence-corrected chi connectivity index (χ0v) is 18.8. The minimum Gasteiger partial charge on any atom is -0.300 e. The number of amides is 1. The van der Waals surface area contributed by atoms with Gasteiger partial charge < -0.3 is 0 Å². The van der Waals surface area contributed by atoms with Crippen molar-refractivity contribution < 1.29 is 18.0 Å². The molecule has 1 aliphatic carbocycles. The van der Waals surface area contributed by atoms with E-state index in [4.69, 9.17) is 23.2 Å². The maximum absolute atomic E-state index is 13.2. The van der Waals surface area contributed by atoms with Crippen LogP contribution in [0.5, 0.6) is 0 Å². The van der Waals surface area contributed by atoms with Gasteiger partial charge in [-0.15, -0.1) is 0 Å². The number of halogens is 2. The maximum Gasteiger partial charge on any atom is 0.232 e. The van der Waals surface area contributed by atoms with Crippen molar-refractivity contribution in [1.29, 1.82) is 0 Å². The molecule has 3 rings (SSSR count). The van der Waals surface area contributed by atoms with Gasteiger partial charge >= 0.3 is 0 Å². The Labute approximate surface area is 186 Å². The van der Waals surface area contributed by atoms with Crippen LogP contribution in [-0.2, 0) is 19.4 Å². The molecule has 1 aliphatic rings. The third-order valence-corrected chi connectivity index (χ3v) is 7.00. The molecule has 9 heteroatoms. The number of rotatable bonds is 6. The molecule has 160 valence electrons. The average molecular weight is 469 g/mol. The van der Waals surface area contributed by atoms with E-state index in [0.717, 1.165) is 19.1 Å². The number of Topliss-reactive ketones (excluding diaryl/α,β-unsaturated/α-hetero) is 1. The lowest BCUT2D eigenvalue weighted by atomic mass is 9.85. The Morgan fingerprint density at radius 3 is 2.43 bits per heavy atom. The van der Waals surface area contributed by atoms with Crippen molar-refractivity contribution in [3.8, 4) is 0 Å². The highest BCUT2D eigenvalue weighted by Crippen LogP contribution is 2.33. The van der Waals surface area contributed by atoms with E-state index in [1.165, 1.54) is 29.3 Å². The number of sulfone groups is 1. The number of anilines is 2. The fourth-order valence-corrected chi connectivity index (χ4v) is 5.00. The molecule has 1 heterocycles. The molecule has 1 fully saturated rings. The van der Waals surface area contributed by atoms with E-state index in [1.807, 2.05) is 0 Å². The fraction of sp³-hybridized carbons (Fsp3) is 0.381. The quantitative estimate of drug-likeness (QED) is 0.595. The molecule has 0 bridgehead atoms. The molecular formula is C21H22Cl2N2O4S. The van der Waals surface area contributed by atoms with Crippen molar-refractivity contribution in [2.24, 2.45) is 5.92 Å². The Morgan fingerprint density at radius 2 is 1.87 bits per heavy atom. The summed E-state index contributed by atoms with van der Waals surface area (Å²) in [6.45, 7) is 0. The van der Waals surface area contributed by atoms with Crippen LogP contribution in [0, 0.1) is 5.92 Å². The summed E-state index contributed by atoms with van der Waals surface area (Å²) < 4.78 is 23.7. The lowest BCUT2D eigenvalue weighted by Gasteiger charge is -2.25. The summed E-state index contributed by atoms with van der Waals surface area (Å²) in [5, 5.41) is 0.469. The van der Waals surface area contributed by atoms with Gasteiger partial charge in [0.25, 0.3) is 0 Å². The minimum absolute atomic E-state index is 0.00347. The zero-order valence-electron chi connectivity index (χ0n) is 16.5. The highest BCUT2D eigenvalue weighted by atomic mass is 35.5. The topological polar surface area (TPSA) is 84.4 Å². The van der Waals surface area contributed by atoms with E-state index >= 15 is 0 Å². The highest BCUT2D eigenvalue weighted by molar-refractivity contribution is 7.90. The standard InChI is InChI=1S/C21H22Cl2N2O4S/c1-30(28,29)19-9-6-16(12-18(19)23)25(20-10-5-15(22)13-24-20)21(27)11-4-14-2-7-17(26)8-3-14/h5-6,9-10,12-14H,2-4,7-8,11H2,1H3. The number of aromatic nitrogens is 1. The Bertz CT molecular complexity index is 1050. The number of nitrogens with zero attached hydrogens (tertiary/aromatic N) is 2. The summed E-state index contributed by atoms with van der Waals surface area (Å²) in [4.78, 5) is 30.3. The molecule has 0 unspecified atom stereocenters. The van der Waals surface area contributed by atoms with Crippen molar-refractivity contribution in [1.82, 2.24) is 4.98 Å². The molecule has 0 radical (unpaired) electrons. The summed E-state index contributed by atoms with van der Waals surface area (Å²) in [5.41, 5.74) is 0.422. The minimum atomic E-state index is -3.49.